The van der Waals surface area contributed by atoms with Crippen LogP contribution in [0.5, 0.6) is 0 Å². The van der Waals surface area contributed by atoms with Gasteiger partial charge in [-0.25, -0.2) is 0 Å². The molecule has 2 aromatic heterocycles. The molecule has 2 fully saturated rings. The number of aromatic nitrogens is 2. The Morgan fingerprint density at radius 1 is 1.30 bits per heavy atom. The molecule has 0 aliphatic carbocycles. The van der Waals surface area contributed by atoms with Crippen molar-refractivity contribution in [3.05, 3.63) is 29.3 Å². The fraction of sp³-hybridized carbons (Fsp3) is 0.611. The van der Waals surface area contributed by atoms with Crippen molar-refractivity contribution in [1.29, 1.82) is 0 Å². The minimum absolute atomic E-state index is 0.789. The molecule has 0 spiro atoms. The Bertz CT molecular complexity index is 619. The van der Waals surface area contributed by atoms with Gasteiger partial charge in [0, 0.05) is 31.4 Å². The average Bonchev–Trinajstić information content (AvgIpc) is 3.29. The van der Waals surface area contributed by atoms with Crippen LogP contribution < -0.4 is 5.32 Å². The quantitative estimate of drug-likeness (QED) is 0.935. The van der Waals surface area contributed by atoms with Crippen molar-refractivity contribution in [2.45, 2.75) is 38.3 Å². The number of thiophene rings is 1. The zero-order chi connectivity index (χ0) is 15.6. The first-order valence-corrected chi connectivity index (χ1v) is 9.70. The first kappa shape index (κ1) is 15.4. The van der Waals surface area contributed by atoms with Crippen molar-refractivity contribution in [3.8, 4) is 10.6 Å². The fourth-order valence-electron chi connectivity index (χ4n) is 4.14. The summed E-state index contributed by atoms with van der Waals surface area (Å²) in [6.45, 7) is 4.71. The third-order valence-electron chi connectivity index (χ3n) is 5.35. The first-order valence-electron chi connectivity index (χ1n) is 8.82. The van der Waals surface area contributed by atoms with Gasteiger partial charge in [0.05, 0.1) is 4.88 Å². The maximum Gasteiger partial charge on any atom is 0.107 e. The normalized spacial score (nSPS) is 23.6. The number of rotatable bonds is 4. The molecule has 0 unspecified atom stereocenters. The Morgan fingerprint density at radius 3 is 2.87 bits per heavy atom. The molecule has 0 radical (unpaired) electrons. The molecule has 124 valence electrons. The first-order chi connectivity index (χ1) is 11.3. The summed E-state index contributed by atoms with van der Waals surface area (Å²) < 4.78 is 1.96. The maximum atomic E-state index is 4.69. The van der Waals surface area contributed by atoms with E-state index < -0.39 is 0 Å². The summed E-state index contributed by atoms with van der Waals surface area (Å²) in [5.74, 6) is 0.888. The van der Waals surface area contributed by atoms with E-state index in [1.165, 1.54) is 61.5 Å². The number of hydrogen-bond donors (Lipinski definition) is 1. The van der Waals surface area contributed by atoms with Crippen LogP contribution in [-0.4, -0.2) is 40.4 Å². The molecular weight excluding hydrogens is 304 g/mol. The van der Waals surface area contributed by atoms with Gasteiger partial charge in [0.1, 0.15) is 5.69 Å². The minimum Gasteiger partial charge on any atom is -0.314 e. The summed E-state index contributed by atoms with van der Waals surface area (Å²) in [6.07, 6.45) is 7.62. The molecule has 0 amide bonds. The van der Waals surface area contributed by atoms with E-state index >= 15 is 0 Å². The zero-order valence-corrected chi connectivity index (χ0v) is 14.7. The number of nitrogens with one attached hydrogen (secondary N) is 1. The van der Waals surface area contributed by atoms with Crippen LogP contribution in [0.4, 0.5) is 0 Å². The Kier molecular flexibility index (Phi) is 4.51. The second-order valence-electron chi connectivity index (χ2n) is 6.97. The summed E-state index contributed by atoms with van der Waals surface area (Å²) >= 11 is 1.78. The maximum absolute atomic E-state index is 4.69. The number of nitrogens with zero attached hydrogens (tertiary/aromatic N) is 3. The second-order valence-corrected chi connectivity index (χ2v) is 7.92. The number of aryl methyl sites for hydroxylation is 1. The SMILES string of the molecule is Cn1cc(CN2CCC([C@H]3CCCN3)CC2)c(-c2cccs2)n1. The third kappa shape index (κ3) is 3.37. The minimum atomic E-state index is 0.789. The second kappa shape index (κ2) is 6.75. The van der Waals surface area contributed by atoms with E-state index in [2.05, 4.69) is 39.0 Å². The molecule has 4 nitrogen and oxygen atoms in total. The molecule has 2 aliphatic heterocycles. The van der Waals surface area contributed by atoms with Crippen LogP contribution in [0, 0.1) is 5.92 Å². The van der Waals surface area contributed by atoms with E-state index in [-0.39, 0.29) is 0 Å². The van der Waals surface area contributed by atoms with E-state index in [1.54, 1.807) is 11.3 Å². The molecule has 0 saturated carbocycles. The molecule has 2 aliphatic rings. The lowest BCUT2D eigenvalue weighted by Crippen LogP contribution is -2.40. The lowest BCUT2D eigenvalue weighted by Gasteiger charge is -2.34. The van der Waals surface area contributed by atoms with Gasteiger partial charge in [-0.15, -0.1) is 11.3 Å². The van der Waals surface area contributed by atoms with E-state index in [0.29, 0.717) is 0 Å². The molecule has 5 heteroatoms. The average molecular weight is 331 g/mol. The van der Waals surface area contributed by atoms with Crippen LogP contribution in [0.25, 0.3) is 10.6 Å². The van der Waals surface area contributed by atoms with Gasteiger partial charge in [0.15, 0.2) is 0 Å². The Morgan fingerprint density at radius 2 is 2.17 bits per heavy atom. The van der Waals surface area contributed by atoms with Gasteiger partial charge in [-0.1, -0.05) is 6.07 Å². The predicted molar refractivity (Wildman–Crippen MR) is 95.5 cm³/mol. The highest BCUT2D eigenvalue weighted by molar-refractivity contribution is 7.13. The van der Waals surface area contributed by atoms with Gasteiger partial charge < -0.3 is 5.32 Å². The van der Waals surface area contributed by atoms with Gasteiger partial charge >= 0.3 is 0 Å². The molecule has 1 atom stereocenters. The van der Waals surface area contributed by atoms with Gasteiger partial charge in [-0.05, 0) is 62.7 Å². The molecule has 2 aromatic rings. The summed E-state index contributed by atoms with van der Waals surface area (Å²) in [6, 6.07) is 5.07. The largest absolute Gasteiger partial charge is 0.314 e. The Balaban J connectivity index is 1.40. The van der Waals surface area contributed by atoms with Crippen molar-refractivity contribution in [1.82, 2.24) is 20.0 Å². The van der Waals surface area contributed by atoms with E-state index in [4.69, 9.17) is 0 Å². The van der Waals surface area contributed by atoms with Crippen molar-refractivity contribution < 1.29 is 0 Å². The highest BCUT2D eigenvalue weighted by atomic mass is 32.1. The van der Waals surface area contributed by atoms with Crippen molar-refractivity contribution >= 4 is 11.3 Å². The molecule has 0 aromatic carbocycles. The molecule has 23 heavy (non-hydrogen) atoms. The zero-order valence-electron chi connectivity index (χ0n) is 13.9. The summed E-state index contributed by atoms with van der Waals surface area (Å²) in [4.78, 5) is 3.89. The van der Waals surface area contributed by atoms with Gasteiger partial charge in [-0.3, -0.25) is 9.58 Å². The van der Waals surface area contributed by atoms with Crippen LogP contribution >= 0.6 is 11.3 Å². The van der Waals surface area contributed by atoms with E-state index in [0.717, 1.165) is 18.5 Å². The number of hydrogen-bond acceptors (Lipinski definition) is 4. The standard InChI is InChI=1S/C18H26N4S/c1-21-12-15(18(20-21)17-5-3-11-23-17)13-22-9-6-14(7-10-22)16-4-2-8-19-16/h3,5,11-12,14,16,19H,2,4,6-10,13H2,1H3/t16-/m1/s1. The van der Waals surface area contributed by atoms with Crippen molar-refractivity contribution in [3.63, 3.8) is 0 Å². The van der Waals surface area contributed by atoms with Crippen LogP contribution in [0.15, 0.2) is 23.7 Å². The summed E-state index contributed by atoms with van der Waals surface area (Å²) in [5, 5.41) is 10.5. The van der Waals surface area contributed by atoms with Gasteiger partial charge in [-0.2, -0.15) is 5.10 Å². The van der Waals surface area contributed by atoms with Crippen LogP contribution in [0.1, 0.15) is 31.2 Å². The van der Waals surface area contributed by atoms with Gasteiger partial charge in [0.25, 0.3) is 0 Å². The predicted octanol–water partition coefficient (Wildman–Crippen LogP) is 3.11. The highest BCUT2D eigenvalue weighted by Gasteiger charge is 2.28. The number of piperidine rings is 1. The van der Waals surface area contributed by atoms with Crippen LogP contribution in [0.3, 0.4) is 0 Å². The molecular formula is C18H26N4S. The fourth-order valence-corrected chi connectivity index (χ4v) is 4.89. The van der Waals surface area contributed by atoms with Crippen LogP contribution in [-0.2, 0) is 13.6 Å². The molecule has 0 bridgehead atoms. The summed E-state index contributed by atoms with van der Waals surface area (Å²) in [7, 11) is 2.03. The molecule has 1 N–H and O–H groups in total. The molecule has 2 saturated heterocycles. The van der Waals surface area contributed by atoms with Crippen molar-refractivity contribution in [2.75, 3.05) is 19.6 Å². The summed E-state index contributed by atoms with van der Waals surface area (Å²) in [5.41, 5.74) is 2.54. The van der Waals surface area contributed by atoms with E-state index in [1.807, 2.05) is 11.7 Å². The molecule has 4 rings (SSSR count). The van der Waals surface area contributed by atoms with Crippen molar-refractivity contribution in [2.24, 2.45) is 13.0 Å². The lowest BCUT2D eigenvalue weighted by atomic mass is 9.88. The molecule has 4 heterocycles. The smallest absolute Gasteiger partial charge is 0.107 e. The Hall–Kier alpha value is -1.17. The van der Waals surface area contributed by atoms with Crippen LogP contribution in [0.2, 0.25) is 0 Å². The Labute approximate surface area is 142 Å². The third-order valence-corrected chi connectivity index (χ3v) is 6.23. The van der Waals surface area contributed by atoms with E-state index in [9.17, 15) is 0 Å². The topological polar surface area (TPSA) is 33.1 Å². The highest BCUT2D eigenvalue weighted by Crippen LogP contribution is 2.30. The monoisotopic (exact) mass is 330 g/mol. The lowest BCUT2D eigenvalue weighted by molar-refractivity contribution is 0.157. The number of likely N-dealkylation sites (tertiary alicyclic amines) is 1. The van der Waals surface area contributed by atoms with Gasteiger partial charge in [0.2, 0.25) is 0 Å².